The molecule has 0 saturated heterocycles. The smallest absolute Gasteiger partial charge is 0.0471 e. The Hall–Kier alpha value is -1.51. The maximum atomic E-state index is 6.25. The highest BCUT2D eigenvalue weighted by Gasteiger charge is 2.14. The second-order valence-electron chi connectivity index (χ2n) is 4.47. The Morgan fingerprint density at radius 1 is 1.05 bits per heavy atom. The fraction of sp³-hybridized carbons (Fsp3) is 0.250. The van der Waals surface area contributed by atoms with E-state index in [-0.39, 0.29) is 0 Å². The molecular weight excluding hydrogens is 256 g/mol. The van der Waals surface area contributed by atoms with E-state index in [1.165, 1.54) is 11.3 Å². The fourth-order valence-electron chi connectivity index (χ4n) is 2.34. The van der Waals surface area contributed by atoms with Crippen molar-refractivity contribution < 1.29 is 0 Å². The molecule has 2 aromatic carbocycles. The molecule has 0 atom stereocenters. The van der Waals surface area contributed by atoms with Gasteiger partial charge in [-0.25, -0.2) is 0 Å². The van der Waals surface area contributed by atoms with Crippen molar-refractivity contribution in [3.63, 3.8) is 0 Å². The van der Waals surface area contributed by atoms with Gasteiger partial charge in [-0.2, -0.15) is 0 Å². The Balaban J connectivity index is 2.55. The van der Waals surface area contributed by atoms with Gasteiger partial charge in [0.15, 0.2) is 0 Å². The van der Waals surface area contributed by atoms with Crippen LogP contribution in [0.2, 0.25) is 5.02 Å². The van der Waals surface area contributed by atoms with Crippen LogP contribution in [0.1, 0.15) is 18.1 Å². The summed E-state index contributed by atoms with van der Waals surface area (Å²) in [5.41, 5.74) is 10.4. The van der Waals surface area contributed by atoms with Gasteiger partial charge in [0.25, 0.3) is 0 Å². The van der Waals surface area contributed by atoms with Gasteiger partial charge in [0.1, 0.15) is 0 Å². The lowest BCUT2D eigenvalue weighted by Gasteiger charge is -2.27. The van der Waals surface area contributed by atoms with Gasteiger partial charge in [-0.05, 0) is 37.6 Å². The summed E-state index contributed by atoms with van der Waals surface area (Å²) < 4.78 is 0. The van der Waals surface area contributed by atoms with Crippen LogP contribution in [-0.2, 0) is 6.54 Å². The van der Waals surface area contributed by atoms with Crippen LogP contribution >= 0.6 is 11.6 Å². The van der Waals surface area contributed by atoms with Gasteiger partial charge >= 0.3 is 0 Å². The number of anilines is 2. The molecule has 0 aromatic heterocycles. The van der Waals surface area contributed by atoms with Crippen LogP contribution in [0.5, 0.6) is 0 Å². The summed E-state index contributed by atoms with van der Waals surface area (Å²) in [6.07, 6.45) is 0. The van der Waals surface area contributed by atoms with Gasteiger partial charge in [0, 0.05) is 35.1 Å². The highest BCUT2D eigenvalue weighted by atomic mass is 35.5. The lowest BCUT2D eigenvalue weighted by Crippen LogP contribution is -2.19. The largest absolute Gasteiger partial charge is 0.341 e. The standard InChI is InChI=1S/C16H19ClN2/c1-3-19(15-9-5-4-7-12(15)2)16-10-6-8-14(17)13(16)11-18/h4-10H,3,11,18H2,1-2H3. The second-order valence-corrected chi connectivity index (χ2v) is 4.88. The van der Waals surface area contributed by atoms with Gasteiger partial charge in [-0.1, -0.05) is 35.9 Å². The molecule has 3 heteroatoms. The van der Waals surface area contributed by atoms with Crippen LogP contribution in [-0.4, -0.2) is 6.54 Å². The first-order chi connectivity index (χ1) is 9.19. The molecule has 2 N–H and O–H groups in total. The number of halogens is 1. The third kappa shape index (κ3) is 2.75. The van der Waals surface area contributed by atoms with E-state index >= 15 is 0 Å². The first-order valence-electron chi connectivity index (χ1n) is 6.49. The van der Waals surface area contributed by atoms with E-state index in [9.17, 15) is 0 Å². The highest BCUT2D eigenvalue weighted by Crippen LogP contribution is 2.33. The van der Waals surface area contributed by atoms with E-state index in [0.29, 0.717) is 6.54 Å². The topological polar surface area (TPSA) is 29.3 Å². The normalized spacial score (nSPS) is 10.5. The van der Waals surface area contributed by atoms with E-state index in [2.05, 4.69) is 49.1 Å². The number of para-hydroxylation sites is 1. The van der Waals surface area contributed by atoms with Gasteiger partial charge in [-0.3, -0.25) is 0 Å². The van der Waals surface area contributed by atoms with Crippen LogP contribution in [0, 0.1) is 6.92 Å². The van der Waals surface area contributed by atoms with Crippen molar-refractivity contribution in [2.45, 2.75) is 20.4 Å². The molecule has 100 valence electrons. The molecule has 0 spiro atoms. The summed E-state index contributed by atoms with van der Waals surface area (Å²) in [6, 6.07) is 14.3. The van der Waals surface area contributed by atoms with Crippen molar-refractivity contribution in [2.24, 2.45) is 5.73 Å². The van der Waals surface area contributed by atoms with Crippen LogP contribution in [0.25, 0.3) is 0 Å². The number of nitrogens with two attached hydrogens (primary N) is 1. The Morgan fingerprint density at radius 2 is 1.74 bits per heavy atom. The molecule has 0 radical (unpaired) electrons. The minimum Gasteiger partial charge on any atom is -0.341 e. The summed E-state index contributed by atoms with van der Waals surface area (Å²) in [7, 11) is 0. The first kappa shape index (κ1) is 13.9. The molecule has 19 heavy (non-hydrogen) atoms. The van der Waals surface area contributed by atoms with E-state index < -0.39 is 0 Å². The Bertz CT molecular complexity index is 566. The highest BCUT2D eigenvalue weighted by molar-refractivity contribution is 6.31. The van der Waals surface area contributed by atoms with Crippen LogP contribution in [0.15, 0.2) is 42.5 Å². The van der Waals surface area contributed by atoms with Crippen LogP contribution < -0.4 is 10.6 Å². The van der Waals surface area contributed by atoms with E-state index in [0.717, 1.165) is 22.8 Å². The summed E-state index contributed by atoms with van der Waals surface area (Å²) in [6.45, 7) is 5.56. The summed E-state index contributed by atoms with van der Waals surface area (Å²) in [5, 5.41) is 0.729. The average Bonchev–Trinajstić information content (AvgIpc) is 2.42. The number of nitrogens with zero attached hydrogens (tertiary/aromatic N) is 1. The molecule has 0 heterocycles. The molecule has 2 rings (SSSR count). The minimum absolute atomic E-state index is 0.442. The van der Waals surface area contributed by atoms with Crippen molar-refractivity contribution in [1.29, 1.82) is 0 Å². The van der Waals surface area contributed by atoms with Crippen molar-refractivity contribution in [1.82, 2.24) is 0 Å². The molecule has 0 aliphatic carbocycles. The predicted molar refractivity (Wildman–Crippen MR) is 83.2 cm³/mol. The van der Waals surface area contributed by atoms with Gasteiger partial charge in [0.2, 0.25) is 0 Å². The zero-order chi connectivity index (χ0) is 13.8. The van der Waals surface area contributed by atoms with E-state index in [1.54, 1.807) is 0 Å². The number of hydrogen-bond acceptors (Lipinski definition) is 2. The second kappa shape index (κ2) is 6.09. The lowest BCUT2D eigenvalue weighted by molar-refractivity contribution is 0.978. The summed E-state index contributed by atoms with van der Waals surface area (Å²) >= 11 is 6.25. The van der Waals surface area contributed by atoms with Gasteiger partial charge in [-0.15, -0.1) is 0 Å². The zero-order valence-electron chi connectivity index (χ0n) is 11.4. The molecule has 0 fully saturated rings. The molecule has 2 nitrogen and oxygen atoms in total. The van der Waals surface area contributed by atoms with Crippen LogP contribution in [0.4, 0.5) is 11.4 Å². The quantitative estimate of drug-likeness (QED) is 0.902. The molecule has 0 bridgehead atoms. The first-order valence-corrected chi connectivity index (χ1v) is 6.87. The minimum atomic E-state index is 0.442. The number of hydrogen-bond donors (Lipinski definition) is 1. The number of benzene rings is 2. The molecule has 0 amide bonds. The van der Waals surface area contributed by atoms with Crippen molar-refractivity contribution in [2.75, 3.05) is 11.4 Å². The van der Waals surface area contributed by atoms with Gasteiger partial charge < -0.3 is 10.6 Å². The number of aryl methyl sites for hydroxylation is 1. The molecule has 0 aliphatic heterocycles. The maximum absolute atomic E-state index is 6.25. The average molecular weight is 275 g/mol. The summed E-state index contributed by atoms with van der Waals surface area (Å²) in [4.78, 5) is 2.25. The third-order valence-corrected chi connectivity index (χ3v) is 3.67. The third-order valence-electron chi connectivity index (χ3n) is 3.31. The SMILES string of the molecule is CCN(c1ccccc1C)c1cccc(Cl)c1CN. The lowest BCUT2D eigenvalue weighted by atomic mass is 10.1. The maximum Gasteiger partial charge on any atom is 0.0471 e. The van der Waals surface area contributed by atoms with Gasteiger partial charge in [0.05, 0.1) is 0 Å². The van der Waals surface area contributed by atoms with Crippen molar-refractivity contribution in [3.05, 3.63) is 58.6 Å². The predicted octanol–water partition coefficient (Wildman–Crippen LogP) is 4.27. The Kier molecular flexibility index (Phi) is 4.46. The van der Waals surface area contributed by atoms with E-state index in [1.807, 2.05) is 12.1 Å². The van der Waals surface area contributed by atoms with Crippen LogP contribution in [0.3, 0.4) is 0 Å². The Morgan fingerprint density at radius 3 is 2.37 bits per heavy atom. The molecule has 0 unspecified atom stereocenters. The van der Waals surface area contributed by atoms with Crippen molar-refractivity contribution >= 4 is 23.0 Å². The molecule has 0 saturated carbocycles. The monoisotopic (exact) mass is 274 g/mol. The van der Waals surface area contributed by atoms with E-state index in [4.69, 9.17) is 17.3 Å². The Labute approximate surface area is 119 Å². The molecular formula is C16H19ClN2. The van der Waals surface area contributed by atoms with Crippen molar-refractivity contribution in [3.8, 4) is 0 Å². The molecule has 2 aromatic rings. The fourth-order valence-corrected chi connectivity index (χ4v) is 2.59. The number of rotatable bonds is 4. The molecule has 0 aliphatic rings. The summed E-state index contributed by atoms with van der Waals surface area (Å²) in [5.74, 6) is 0. The zero-order valence-corrected chi connectivity index (χ0v) is 12.1.